The molecule has 3 heteroatoms. The molecule has 0 fully saturated rings. The number of aliphatic hydroxyl groups excluding tert-OH is 1. The summed E-state index contributed by atoms with van der Waals surface area (Å²) >= 11 is 2.26. The van der Waals surface area contributed by atoms with Crippen molar-refractivity contribution in [3.05, 3.63) is 63.0 Å². The van der Waals surface area contributed by atoms with Gasteiger partial charge in [0.2, 0.25) is 0 Å². The first kappa shape index (κ1) is 14.0. The van der Waals surface area contributed by atoms with Gasteiger partial charge in [-0.3, -0.25) is 0 Å². The highest BCUT2D eigenvalue weighted by Crippen LogP contribution is 2.13. The summed E-state index contributed by atoms with van der Waals surface area (Å²) in [6.45, 7) is 1.93. The van der Waals surface area contributed by atoms with Gasteiger partial charge in [0, 0.05) is 9.13 Å². The minimum atomic E-state index is -0.514. The first-order chi connectivity index (χ1) is 9.19. The molecule has 2 rings (SSSR count). The molecule has 1 atom stereocenters. The van der Waals surface area contributed by atoms with Gasteiger partial charge in [0.25, 0.3) is 0 Å². The quantitative estimate of drug-likeness (QED) is 0.654. The van der Waals surface area contributed by atoms with Gasteiger partial charge in [-0.1, -0.05) is 18.9 Å². The third kappa shape index (κ3) is 4.05. The molecule has 0 saturated carbocycles. The first-order valence-electron chi connectivity index (χ1n) is 6.11. The predicted octanol–water partition coefficient (Wildman–Crippen LogP) is 3.53. The van der Waals surface area contributed by atoms with Crippen LogP contribution in [0.2, 0.25) is 0 Å². The topological polar surface area (TPSA) is 33.1 Å². The third-order valence-electron chi connectivity index (χ3n) is 2.68. The predicted molar refractivity (Wildman–Crippen MR) is 84.6 cm³/mol. The average molecular weight is 363 g/mol. The lowest BCUT2D eigenvalue weighted by Crippen LogP contribution is -1.99. The number of nitrogens with zero attached hydrogens (tertiary/aromatic N) is 1. The zero-order chi connectivity index (χ0) is 13.7. The van der Waals surface area contributed by atoms with Gasteiger partial charge in [0.05, 0.1) is 11.8 Å². The highest BCUT2D eigenvalue weighted by atomic mass is 127. The van der Waals surface area contributed by atoms with Gasteiger partial charge in [-0.05, 0) is 71.3 Å². The Morgan fingerprint density at radius 3 is 2.58 bits per heavy atom. The van der Waals surface area contributed by atoms with E-state index in [1.54, 1.807) is 0 Å². The second-order valence-corrected chi connectivity index (χ2v) is 5.37. The number of halogens is 1. The van der Waals surface area contributed by atoms with Crippen molar-refractivity contribution in [2.75, 3.05) is 0 Å². The highest BCUT2D eigenvalue weighted by Gasteiger charge is 2.05. The molecule has 1 N–H and O–H groups in total. The van der Waals surface area contributed by atoms with Crippen LogP contribution >= 0.6 is 22.6 Å². The van der Waals surface area contributed by atoms with Crippen LogP contribution in [0, 0.1) is 15.4 Å². The number of aliphatic hydroxyl groups is 1. The molecule has 0 aliphatic carbocycles. The Balaban J connectivity index is 2.22. The molecule has 96 valence electrons. The summed E-state index contributed by atoms with van der Waals surface area (Å²) in [6, 6.07) is 13.6. The average Bonchev–Trinajstić information content (AvgIpc) is 2.46. The number of benzene rings is 1. The largest absolute Gasteiger partial charge is 0.387 e. The fourth-order valence-electron chi connectivity index (χ4n) is 1.59. The fourth-order valence-corrected chi connectivity index (χ4v) is 1.94. The number of aromatic nitrogens is 1. The van der Waals surface area contributed by atoms with E-state index in [0.717, 1.165) is 5.56 Å². The van der Waals surface area contributed by atoms with Crippen molar-refractivity contribution in [3.63, 3.8) is 0 Å². The molecular formula is C16H14INO. The van der Waals surface area contributed by atoms with Crippen LogP contribution in [0.1, 0.15) is 36.4 Å². The second kappa shape index (κ2) is 6.69. The molecule has 19 heavy (non-hydrogen) atoms. The monoisotopic (exact) mass is 363 g/mol. The normalized spacial score (nSPS) is 11.5. The summed E-state index contributed by atoms with van der Waals surface area (Å²) in [5.74, 6) is 6.10. The molecule has 0 amide bonds. The maximum absolute atomic E-state index is 9.76. The minimum absolute atomic E-state index is 0.514. The van der Waals surface area contributed by atoms with E-state index in [-0.39, 0.29) is 0 Å². The van der Waals surface area contributed by atoms with Crippen molar-refractivity contribution in [1.29, 1.82) is 0 Å². The smallest absolute Gasteiger partial charge is 0.113 e. The molecule has 1 heterocycles. The number of hydrogen-bond acceptors (Lipinski definition) is 2. The van der Waals surface area contributed by atoms with Crippen molar-refractivity contribution in [2.24, 2.45) is 0 Å². The van der Waals surface area contributed by atoms with E-state index >= 15 is 0 Å². The van der Waals surface area contributed by atoms with Crippen molar-refractivity contribution in [2.45, 2.75) is 19.4 Å². The van der Waals surface area contributed by atoms with Gasteiger partial charge in [-0.25, -0.2) is 4.98 Å². The van der Waals surface area contributed by atoms with Crippen LogP contribution in [0.3, 0.4) is 0 Å². The van der Waals surface area contributed by atoms with E-state index in [2.05, 4.69) is 39.4 Å². The molecule has 1 aromatic carbocycles. The van der Waals surface area contributed by atoms with E-state index in [1.165, 1.54) is 3.57 Å². The highest BCUT2D eigenvalue weighted by molar-refractivity contribution is 14.1. The summed E-state index contributed by atoms with van der Waals surface area (Å²) in [7, 11) is 0. The molecule has 0 aliphatic heterocycles. The molecular weight excluding hydrogens is 349 g/mol. The summed E-state index contributed by atoms with van der Waals surface area (Å²) in [5.41, 5.74) is 2.32. The third-order valence-corrected chi connectivity index (χ3v) is 3.40. The van der Waals surface area contributed by atoms with Crippen LogP contribution in [0.4, 0.5) is 0 Å². The van der Waals surface area contributed by atoms with Crippen molar-refractivity contribution in [3.8, 4) is 11.8 Å². The molecule has 0 bridgehead atoms. The van der Waals surface area contributed by atoms with Gasteiger partial charge in [0.15, 0.2) is 0 Å². The molecule has 0 spiro atoms. The first-order valence-corrected chi connectivity index (χ1v) is 7.19. The van der Waals surface area contributed by atoms with Crippen LogP contribution < -0.4 is 0 Å². The Labute approximate surface area is 127 Å². The van der Waals surface area contributed by atoms with Crippen molar-refractivity contribution in [1.82, 2.24) is 4.98 Å². The van der Waals surface area contributed by atoms with Gasteiger partial charge in [-0.15, -0.1) is 0 Å². The number of pyridine rings is 1. The van der Waals surface area contributed by atoms with E-state index in [9.17, 15) is 5.11 Å². The standard InChI is InChI=1S/C16H14INO/c1-2-16(19)15-5-3-4-14(18-15)11-8-12-6-9-13(17)10-7-12/h3-7,9-10,16,19H,2H2,1H3/t16-/m0/s1. The van der Waals surface area contributed by atoms with Crippen molar-refractivity contribution < 1.29 is 5.11 Å². The van der Waals surface area contributed by atoms with E-state index in [0.29, 0.717) is 17.8 Å². The summed E-state index contributed by atoms with van der Waals surface area (Å²) in [4.78, 5) is 4.35. The van der Waals surface area contributed by atoms with Gasteiger partial charge >= 0.3 is 0 Å². The van der Waals surface area contributed by atoms with Gasteiger partial charge in [-0.2, -0.15) is 0 Å². The lowest BCUT2D eigenvalue weighted by atomic mass is 10.1. The fraction of sp³-hybridized carbons (Fsp3) is 0.188. The molecule has 0 unspecified atom stereocenters. The zero-order valence-electron chi connectivity index (χ0n) is 10.6. The van der Waals surface area contributed by atoms with E-state index in [1.807, 2.05) is 49.4 Å². The Hall–Kier alpha value is -1.38. The summed E-state index contributed by atoms with van der Waals surface area (Å²) in [5, 5.41) is 9.76. The van der Waals surface area contributed by atoms with Crippen LogP contribution in [0.5, 0.6) is 0 Å². The molecule has 2 nitrogen and oxygen atoms in total. The minimum Gasteiger partial charge on any atom is -0.387 e. The Kier molecular flexibility index (Phi) is 4.94. The maximum atomic E-state index is 9.76. The van der Waals surface area contributed by atoms with Gasteiger partial charge < -0.3 is 5.11 Å². The number of rotatable bonds is 2. The lowest BCUT2D eigenvalue weighted by Gasteiger charge is -2.06. The van der Waals surface area contributed by atoms with Crippen LogP contribution in [0.25, 0.3) is 0 Å². The van der Waals surface area contributed by atoms with Crippen molar-refractivity contribution >= 4 is 22.6 Å². The molecule has 1 aromatic heterocycles. The SMILES string of the molecule is CC[C@H](O)c1cccc(C#Cc2ccc(I)cc2)n1. The lowest BCUT2D eigenvalue weighted by molar-refractivity contribution is 0.169. The Bertz CT molecular complexity index is 611. The molecule has 0 radical (unpaired) electrons. The summed E-state index contributed by atoms with van der Waals surface area (Å²) in [6.07, 6.45) is 0.140. The zero-order valence-corrected chi connectivity index (χ0v) is 12.8. The Morgan fingerprint density at radius 1 is 1.16 bits per heavy atom. The maximum Gasteiger partial charge on any atom is 0.113 e. The molecule has 2 aromatic rings. The number of hydrogen-bond donors (Lipinski definition) is 1. The molecule has 0 saturated heterocycles. The van der Waals surface area contributed by atoms with E-state index < -0.39 is 6.10 Å². The Morgan fingerprint density at radius 2 is 1.89 bits per heavy atom. The van der Waals surface area contributed by atoms with Crippen LogP contribution in [0.15, 0.2) is 42.5 Å². The van der Waals surface area contributed by atoms with Crippen LogP contribution in [-0.2, 0) is 0 Å². The van der Waals surface area contributed by atoms with E-state index in [4.69, 9.17) is 0 Å². The second-order valence-electron chi connectivity index (χ2n) is 4.13. The summed E-state index contributed by atoms with van der Waals surface area (Å²) < 4.78 is 1.19. The molecule has 0 aliphatic rings. The van der Waals surface area contributed by atoms with Gasteiger partial charge in [0.1, 0.15) is 5.69 Å². The van der Waals surface area contributed by atoms with Crippen LogP contribution in [-0.4, -0.2) is 10.1 Å².